The van der Waals surface area contributed by atoms with Crippen LogP contribution in [0.5, 0.6) is 0 Å². The number of carbonyl (C=O) groups is 5. The third-order valence-corrected chi connectivity index (χ3v) is 6.56. The van der Waals surface area contributed by atoms with Crippen LogP contribution < -0.4 is 40.2 Å². The number of imide groups is 1. The summed E-state index contributed by atoms with van der Waals surface area (Å²) in [5.74, 6) is -3.81. The number of hydrogen-bond acceptors (Lipinski definition) is 9. The maximum Gasteiger partial charge on any atom is 1.00 e. The van der Waals surface area contributed by atoms with Crippen LogP contribution in [0.2, 0.25) is 0 Å². The number of urea groups is 1. The van der Waals surface area contributed by atoms with Gasteiger partial charge in [-0.1, -0.05) is 0 Å². The predicted octanol–water partition coefficient (Wildman–Crippen LogP) is -4.86. The Morgan fingerprint density at radius 2 is 1.97 bits per heavy atom. The van der Waals surface area contributed by atoms with Crippen LogP contribution in [0, 0.1) is 6.92 Å². The number of rotatable bonds is 6. The minimum Gasteiger partial charge on any atom is -1.00 e. The molecule has 2 unspecified atom stereocenters. The van der Waals surface area contributed by atoms with Gasteiger partial charge in [0, 0.05) is 25.0 Å². The maximum absolute atomic E-state index is 12.8. The van der Waals surface area contributed by atoms with Gasteiger partial charge in [0.05, 0.1) is 17.2 Å². The normalized spacial score (nSPS) is 19.5. The van der Waals surface area contributed by atoms with E-state index in [1.807, 2.05) is 0 Å². The van der Waals surface area contributed by atoms with Crippen molar-refractivity contribution in [3.8, 4) is 0 Å². The zero-order chi connectivity index (χ0) is 23.8. The average molecular weight is 513 g/mol. The van der Waals surface area contributed by atoms with Gasteiger partial charge in [0.2, 0.25) is 5.91 Å². The van der Waals surface area contributed by atoms with E-state index in [2.05, 4.69) is 15.6 Å². The number of aryl methyl sites for hydroxylation is 1. The van der Waals surface area contributed by atoms with Crippen molar-refractivity contribution in [2.24, 2.45) is 0 Å². The van der Waals surface area contributed by atoms with Crippen LogP contribution in [0.25, 0.3) is 0 Å². The fraction of sp³-hybridized carbons (Fsp3) is 0.500. The van der Waals surface area contributed by atoms with E-state index in [-0.39, 0.29) is 54.1 Å². The molecule has 1 aromatic rings. The van der Waals surface area contributed by atoms with Crippen LogP contribution in [0.3, 0.4) is 0 Å². The Bertz CT molecular complexity index is 1100. The van der Waals surface area contributed by atoms with Crippen LogP contribution in [0.15, 0.2) is 5.38 Å². The fourth-order valence-corrected chi connectivity index (χ4v) is 4.45. The number of nitrogens with zero attached hydrogens (tertiary/aromatic N) is 4. The summed E-state index contributed by atoms with van der Waals surface area (Å²) in [7, 11) is -4.73. The summed E-state index contributed by atoms with van der Waals surface area (Å²) in [5, 5.41) is 6.70. The Labute approximate surface area is 216 Å². The zero-order valence-corrected chi connectivity index (χ0v) is 21.6. The first-order chi connectivity index (χ1) is 14.9. The molecule has 0 aliphatic carbocycles. The summed E-state index contributed by atoms with van der Waals surface area (Å²) in [4.78, 5) is 67.8. The summed E-state index contributed by atoms with van der Waals surface area (Å²) in [6, 6.07) is -3.66. The van der Waals surface area contributed by atoms with Crippen molar-refractivity contribution in [3.05, 3.63) is 16.1 Å². The van der Waals surface area contributed by atoms with Crippen molar-refractivity contribution in [2.45, 2.75) is 25.9 Å². The number of likely N-dealkylation sites (N-methyl/N-ethyl adjacent to an activating group) is 1. The number of carbonyl (C=O) groups excluding carboxylic acids is 5. The van der Waals surface area contributed by atoms with Gasteiger partial charge >= 0.3 is 57.7 Å². The van der Waals surface area contributed by atoms with E-state index in [0.29, 0.717) is 16.5 Å². The second-order valence-corrected chi connectivity index (χ2v) is 9.32. The number of nitrogens with one attached hydrogen (secondary N) is 2. The van der Waals surface area contributed by atoms with Gasteiger partial charge in [-0.05, 0) is 13.8 Å². The standard InChI is InChI=1S/C16H20N6O8S2.Na.H/c1-3-20-4-5-21(15(26)14(20)25)16(27)19-11(10-7-31-8(2)17-10)12(23)18-9-6-22(13(9)24)32(28,29)30;;/h7,9,11H,3-6H2,1-2H3,(H,18,23)(H,19,27)(H,28,29,30);;/q;+1;-1. The van der Waals surface area contributed by atoms with Crippen LogP contribution in [-0.2, 0) is 29.5 Å². The van der Waals surface area contributed by atoms with Crippen molar-refractivity contribution in [3.63, 3.8) is 0 Å². The summed E-state index contributed by atoms with van der Waals surface area (Å²) in [5.41, 5.74) is 0.128. The molecule has 0 bridgehead atoms. The van der Waals surface area contributed by atoms with E-state index in [0.717, 1.165) is 0 Å². The summed E-state index contributed by atoms with van der Waals surface area (Å²) in [6.07, 6.45) is 0. The van der Waals surface area contributed by atoms with Gasteiger partial charge in [-0.25, -0.2) is 14.1 Å². The molecule has 2 saturated heterocycles. The Morgan fingerprint density at radius 1 is 1.30 bits per heavy atom. The minimum atomic E-state index is -4.73. The molecule has 6 amide bonds. The topological polar surface area (TPSA) is 186 Å². The second kappa shape index (κ2) is 10.4. The molecule has 33 heavy (non-hydrogen) atoms. The number of β-lactam (4-membered cyclic amide) rings is 1. The first kappa shape index (κ1) is 27.1. The number of piperazine rings is 1. The van der Waals surface area contributed by atoms with Gasteiger partial charge in [0.1, 0.15) is 6.04 Å². The molecule has 1 aromatic heterocycles. The summed E-state index contributed by atoms with van der Waals surface area (Å²) in [6.45, 7) is 3.25. The van der Waals surface area contributed by atoms with Crippen molar-refractivity contribution in [1.82, 2.24) is 29.7 Å². The first-order valence-electron chi connectivity index (χ1n) is 9.36. The van der Waals surface area contributed by atoms with Gasteiger partial charge in [0.25, 0.3) is 5.91 Å². The maximum atomic E-state index is 12.8. The monoisotopic (exact) mass is 512 g/mol. The first-order valence-corrected chi connectivity index (χ1v) is 11.6. The number of thiazole rings is 1. The van der Waals surface area contributed by atoms with E-state index in [4.69, 9.17) is 4.55 Å². The van der Waals surface area contributed by atoms with Gasteiger partial charge in [0.15, 0.2) is 6.04 Å². The van der Waals surface area contributed by atoms with Crippen molar-refractivity contribution >= 4 is 51.3 Å². The Hall–Kier alpha value is -2.11. The quantitative estimate of drug-likeness (QED) is 0.145. The molecule has 2 atom stereocenters. The molecule has 3 N–H and O–H groups in total. The predicted molar refractivity (Wildman–Crippen MR) is 108 cm³/mol. The molecular weight excluding hydrogens is 491 g/mol. The number of hydrogen-bond donors (Lipinski definition) is 3. The molecule has 0 spiro atoms. The third kappa shape index (κ3) is 5.70. The molecule has 176 valence electrons. The zero-order valence-electron chi connectivity index (χ0n) is 19.0. The van der Waals surface area contributed by atoms with Gasteiger partial charge in [-0.2, -0.15) is 8.42 Å². The SMILES string of the molecule is CCN1CCN(C(=O)NC(C(=O)NC2CN(S(=O)(=O)O)C2=O)c2csc(C)n2)C(=O)C1=O.[H-].[Na+]. The Kier molecular flexibility index (Phi) is 8.58. The molecule has 0 aromatic carbocycles. The Morgan fingerprint density at radius 3 is 2.48 bits per heavy atom. The largest absolute Gasteiger partial charge is 1.00 e. The molecule has 2 aliphatic heterocycles. The minimum absolute atomic E-state index is 0. The summed E-state index contributed by atoms with van der Waals surface area (Å²) < 4.78 is 31.2. The van der Waals surface area contributed by atoms with Gasteiger partial charge < -0.3 is 17.0 Å². The molecule has 14 nitrogen and oxygen atoms in total. The fourth-order valence-electron chi connectivity index (χ4n) is 3.12. The van der Waals surface area contributed by atoms with Crippen LogP contribution in [0.1, 0.15) is 25.1 Å². The van der Waals surface area contributed by atoms with Crippen molar-refractivity contribution in [1.29, 1.82) is 0 Å². The van der Waals surface area contributed by atoms with Crippen molar-refractivity contribution < 1.29 is 67.9 Å². The average Bonchev–Trinajstić information content (AvgIpc) is 3.15. The Balaban J connectivity index is 0.00000289. The summed E-state index contributed by atoms with van der Waals surface area (Å²) >= 11 is 1.19. The molecule has 3 heterocycles. The van der Waals surface area contributed by atoms with E-state index in [1.165, 1.54) is 21.6 Å². The van der Waals surface area contributed by atoms with Crippen molar-refractivity contribution in [2.75, 3.05) is 26.2 Å². The van der Waals surface area contributed by atoms with E-state index >= 15 is 0 Å². The van der Waals surface area contributed by atoms with Crippen LogP contribution in [-0.4, -0.2) is 93.9 Å². The smallest absolute Gasteiger partial charge is 1.00 e. The molecule has 2 fully saturated rings. The van der Waals surface area contributed by atoms with Crippen LogP contribution in [0.4, 0.5) is 4.79 Å². The molecule has 0 saturated carbocycles. The van der Waals surface area contributed by atoms with Gasteiger partial charge in [-0.3, -0.25) is 28.6 Å². The molecule has 0 radical (unpaired) electrons. The van der Waals surface area contributed by atoms with E-state index in [1.54, 1.807) is 13.8 Å². The molecule has 3 rings (SSSR count). The van der Waals surface area contributed by atoms with Gasteiger partial charge in [-0.15, -0.1) is 11.3 Å². The second-order valence-electron chi connectivity index (χ2n) is 6.92. The number of aromatic nitrogens is 1. The number of amides is 6. The molecule has 2 aliphatic rings. The van der Waals surface area contributed by atoms with E-state index < -0.39 is 58.6 Å². The van der Waals surface area contributed by atoms with E-state index in [9.17, 15) is 32.4 Å². The van der Waals surface area contributed by atoms with Crippen LogP contribution >= 0.6 is 11.3 Å². The third-order valence-electron chi connectivity index (χ3n) is 4.89. The molecule has 17 heteroatoms. The molecular formula is C16H21N6NaO8S2.